The van der Waals surface area contributed by atoms with Gasteiger partial charge in [-0.15, -0.1) is 0 Å². The van der Waals surface area contributed by atoms with Crippen LogP contribution in [-0.4, -0.2) is 51.7 Å². The Balaban J connectivity index is 1.83. The summed E-state index contributed by atoms with van der Waals surface area (Å²) in [5.74, 6) is 0. The van der Waals surface area contributed by atoms with Gasteiger partial charge < -0.3 is 10.0 Å². The van der Waals surface area contributed by atoms with Crippen molar-refractivity contribution >= 4 is 0 Å². The highest BCUT2D eigenvalue weighted by molar-refractivity contribution is 5.04. The Kier molecular flexibility index (Phi) is 5.24. The average Bonchev–Trinajstić information content (AvgIpc) is 2.86. The summed E-state index contributed by atoms with van der Waals surface area (Å²) in [5, 5.41) is 12.9. The molecule has 0 aliphatic carbocycles. The van der Waals surface area contributed by atoms with E-state index in [1.54, 1.807) is 4.90 Å². The van der Waals surface area contributed by atoms with Gasteiger partial charge in [0.05, 0.1) is 18.6 Å². The van der Waals surface area contributed by atoms with Gasteiger partial charge in [-0.25, -0.2) is 0 Å². The first-order valence-electron chi connectivity index (χ1n) is 7.14. The normalized spacial score (nSPS) is 20.0. The van der Waals surface area contributed by atoms with Gasteiger partial charge in [0, 0.05) is 25.8 Å². The van der Waals surface area contributed by atoms with Crippen LogP contribution >= 0.6 is 0 Å². The molecule has 1 unspecified atom stereocenters. The lowest BCUT2D eigenvalue weighted by Gasteiger charge is -2.33. The first-order valence-corrected chi connectivity index (χ1v) is 7.14. The van der Waals surface area contributed by atoms with Gasteiger partial charge in [0.2, 0.25) is 0 Å². The first-order chi connectivity index (χ1) is 10.5. The molecule has 2 rings (SSSR count). The zero-order valence-corrected chi connectivity index (χ0v) is 12.1. The second kappa shape index (κ2) is 6.68. The number of rotatable bonds is 4. The molecule has 1 atom stereocenters. The van der Waals surface area contributed by atoms with Crippen LogP contribution in [-0.2, 0) is 6.18 Å². The zero-order chi connectivity index (χ0) is 17.3. The highest BCUT2D eigenvalue weighted by Gasteiger charge is 2.35. The van der Waals surface area contributed by atoms with Crippen molar-refractivity contribution < 1.29 is 31.4 Å². The Morgan fingerprint density at radius 3 is 2.26 bits per heavy atom. The van der Waals surface area contributed by atoms with Crippen molar-refractivity contribution in [1.29, 1.82) is 0 Å². The number of piperidine rings is 1. The Bertz CT molecular complexity index is 505. The molecule has 132 valence electrons. The van der Waals surface area contributed by atoms with E-state index in [0.29, 0.717) is 25.9 Å². The van der Waals surface area contributed by atoms with E-state index < -0.39 is 30.6 Å². The van der Waals surface area contributed by atoms with E-state index in [1.165, 1.54) is 10.9 Å². The molecule has 0 amide bonds. The monoisotopic (exact) mass is 345 g/mol. The molecule has 0 radical (unpaired) electrons. The summed E-state index contributed by atoms with van der Waals surface area (Å²) < 4.78 is 75.3. The molecule has 4 nitrogen and oxygen atoms in total. The second-order valence-corrected chi connectivity index (χ2v) is 5.68. The Labute approximate surface area is 128 Å². The number of β-amino-alcohol motifs (C(OH)–C–C–N with tert-alkyl or cyclic N) is 1. The van der Waals surface area contributed by atoms with Gasteiger partial charge in [0.15, 0.2) is 5.69 Å². The molecule has 1 aromatic rings. The molecule has 1 aromatic heterocycles. The van der Waals surface area contributed by atoms with E-state index in [9.17, 15) is 31.4 Å². The Morgan fingerprint density at radius 1 is 1.17 bits per heavy atom. The van der Waals surface area contributed by atoms with Crippen molar-refractivity contribution in [2.75, 3.05) is 19.6 Å². The number of halogens is 6. The number of likely N-dealkylation sites (tertiary alicyclic amines) is 1. The predicted molar refractivity (Wildman–Crippen MR) is 68.6 cm³/mol. The summed E-state index contributed by atoms with van der Waals surface area (Å²) in [6.07, 6.45) is -9.46. The van der Waals surface area contributed by atoms with Gasteiger partial charge >= 0.3 is 12.4 Å². The first kappa shape index (κ1) is 18.1. The van der Waals surface area contributed by atoms with Crippen LogP contribution in [0.5, 0.6) is 0 Å². The standard InChI is InChI=1S/C13H17F6N3O/c14-12(15,16)7-10(23)8-21-4-1-9(2-5-21)22-6-3-11(20-22)13(17,18)19/h3,6,9-10,23H,1-2,4-5,7-8H2. The largest absolute Gasteiger partial charge is 0.435 e. The molecule has 1 saturated heterocycles. The fraction of sp³-hybridized carbons (Fsp3) is 0.769. The molecule has 1 aliphatic heterocycles. The lowest BCUT2D eigenvalue weighted by Crippen LogP contribution is -2.40. The van der Waals surface area contributed by atoms with E-state index in [2.05, 4.69) is 5.10 Å². The summed E-state index contributed by atoms with van der Waals surface area (Å²) in [5.41, 5.74) is -0.958. The third kappa shape index (κ3) is 5.38. The molecule has 23 heavy (non-hydrogen) atoms. The van der Waals surface area contributed by atoms with E-state index >= 15 is 0 Å². The smallest absolute Gasteiger partial charge is 0.391 e. The zero-order valence-electron chi connectivity index (χ0n) is 12.1. The quantitative estimate of drug-likeness (QED) is 0.854. The van der Waals surface area contributed by atoms with E-state index in [0.717, 1.165) is 6.07 Å². The molecule has 10 heteroatoms. The van der Waals surface area contributed by atoms with E-state index in [-0.39, 0.29) is 12.6 Å². The molecular formula is C13H17F6N3O. The third-order valence-corrected chi connectivity index (χ3v) is 3.77. The Morgan fingerprint density at radius 2 is 1.78 bits per heavy atom. The maximum Gasteiger partial charge on any atom is 0.435 e. The topological polar surface area (TPSA) is 41.3 Å². The van der Waals surface area contributed by atoms with Crippen molar-refractivity contribution in [3.8, 4) is 0 Å². The molecule has 0 aromatic carbocycles. The highest BCUT2D eigenvalue weighted by atomic mass is 19.4. The molecule has 1 fully saturated rings. The molecule has 0 saturated carbocycles. The molecular weight excluding hydrogens is 328 g/mol. The molecule has 0 bridgehead atoms. The van der Waals surface area contributed by atoms with E-state index in [4.69, 9.17) is 0 Å². The number of alkyl halides is 6. The predicted octanol–water partition coefficient (Wildman–Crippen LogP) is 2.85. The SMILES string of the molecule is OC(CN1CCC(n2ccc(C(F)(F)F)n2)CC1)CC(F)(F)F. The van der Waals surface area contributed by atoms with Crippen molar-refractivity contribution in [2.45, 2.75) is 43.8 Å². The van der Waals surface area contributed by atoms with Crippen molar-refractivity contribution in [3.63, 3.8) is 0 Å². The fourth-order valence-corrected chi connectivity index (χ4v) is 2.69. The van der Waals surface area contributed by atoms with Crippen LogP contribution in [0.15, 0.2) is 12.3 Å². The third-order valence-electron chi connectivity index (χ3n) is 3.77. The summed E-state index contributed by atoms with van der Waals surface area (Å²) in [7, 11) is 0. The van der Waals surface area contributed by atoms with Crippen LogP contribution < -0.4 is 0 Å². The summed E-state index contributed by atoms with van der Waals surface area (Å²) in [6, 6.07) is 0.682. The van der Waals surface area contributed by atoms with Gasteiger partial charge in [-0.3, -0.25) is 4.68 Å². The molecule has 1 N–H and O–H groups in total. The van der Waals surface area contributed by atoms with Crippen LogP contribution in [0.4, 0.5) is 26.3 Å². The van der Waals surface area contributed by atoms with Gasteiger partial charge in [-0.05, 0) is 18.9 Å². The van der Waals surface area contributed by atoms with Crippen LogP contribution in [0, 0.1) is 0 Å². The van der Waals surface area contributed by atoms with Crippen LogP contribution in [0.2, 0.25) is 0 Å². The molecule has 2 heterocycles. The summed E-state index contributed by atoms with van der Waals surface area (Å²) >= 11 is 0. The lowest BCUT2D eigenvalue weighted by molar-refractivity contribution is -0.155. The number of hydrogen-bond acceptors (Lipinski definition) is 3. The van der Waals surface area contributed by atoms with E-state index in [1.807, 2.05) is 0 Å². The maximum absolute atomic E-state index is 12.5. The van der Waals surface area contributed by atoms with Gasteiger partial charge in [-0.2, -0.15) is 31.4 Å². The van der Waals surface area contributed by atoms with Crippen LogP contribution in [0.25, 0.3) is 0 Å². The van der Waals surface area contributed by atoms with Crippen molar-refractivity contribution in [1.82, 2.24) is 14.7 Å². The second-order valence-electron chi connectivity index (χ2n) is 5.68. The highest BCUT2D eigenvalue weighted by Crippen LogP contribution is 2.30. The van der Waals surface area contributed by atoms with Crippen LogP contribution in [0.1, 0.15) is 31.0 Å². The average molecular weight is 345 g/mol. The Hall–Kier alpha value is -1.29. The summed E-state index contributed by atoms with van der Waals surface area (Å²) in [4.78, 5) is 1.68. The number of hydrogen-bond donors (Lipinski definition) is 1. The number of aliphatic hydroxyl groups is 1. The minimum atomic E-state index is -4.49. The lowest BCUT2D eigenvalue weighted by atomic mass is 10.0. The summed E-state index contributed by atoms with van der Waals surface area (Å²) in [6.45, 7) is 0.709. The van der Waals surface area contributed by atoms with Crippen molar-refractivity contribution in [3.05, 3.63) is 18.0 Å². The molecule has 0 spiro atoms. The van der Waals surface area contributed by atoms with Gasteiger partial charge in [-0.1, -0.05) is 0 Å². The fourth-order valence-electron chi connectivity index (χ4n) is 2.69. The minimum Gasteiger partial charge on any atom is -0.391 e. The van der Waals surface area contributed by atoms with Crippen molar-refractivity contribution in [2.24, 2.45) is 0 Å². The van der Waals surface area contributed by atoms with Gasteiger partial charge in [0.25, 0.3) is 0 Å². The number of aliphatic hydroxyl groups excluding tert-OH is 1. The van der Waals surface area contributed by atoms with Gasteiger partial charge in [0.1, 0.15) is 0 Å². The molecule has 1 aliphatic rings. The number of aromatic nitrogens is 2. The number of nitrogens with zero attached hydrogens (tertiary/aromatic N) is 3. The maximum atomic E-state index is 12.5. The van der Waals surface area contributed by atoms with Crippen LogP contribution in [0.3, 0.4) is 0 Å². The minimum absolute atomic E-state index is 0.0981.